The second-order valence-electron chi connectivity index (χ2n) is 13.1. The Morgan fingerprint density at radius 2 is 1.16 bits per heavy atom. The van der Waals surface area contributed by atoms with Crippen molar-refractivity contribution in [2.45, 2.75) is 0 Å². The molecular formula is C45H24N2O2. The van der Waals surface area contributed by atoms with Gasteiger partial charge in [0, 0.05) is 33.3 Å². The third-order valence-electron chi connectivity index (χ3n) is 10.5. The maximum atomic E-state index is 6.86. The number of benzene rings is 8. The van der Waals surface area contributed by atoms with Crippen molar-refractivity contribution in [2.24, 2.45) is 0 Å². The number of oxazole rings is 1. The smallest absolute Gasteiger partial charge is 0.231 e. The van der Waals surface area contributed by atoms with Crippen LogP contribution in [0.25, 0.3) is 116 Å². The maximum Gasteiger partial charge on any atom is 0.231 e. The van der Waals surface area contributed by atoms with Gasteiger partial charge >= 0.3 is 0 Å². The quantitative estimate of drug-likeness (QED) is 0.192. The molecule has 1 aliphatic carbocycles. The molecule has 0 spiro atoms. The van der Waals surface area contributed by atoms with Crippen molar-refractivity contribution in [1.29, 1.82) is 0 Å². The van der Waals surface area contributed by atoms with Gasteiger partial charge < -0.3 is 13.4 Å². The number of hydrogen-bond acceptors (Lipinski definition) is 3. The van der Waals surface area contributed by atoms with Gasteiger partial charge in [-0.1, -0.05) is 97.1 Å². The Morgan fingerprint density at radius 1 is 0.429 bits per heavy atom. The van der Waals surface area contributed by atoms with Crippen LogP contribution in [0.1, 0.15) is 0 Å². The van der Waals surface area contributed by atoms with Gasteiger partial charge in [-0.15, -0.1) is 0 Å². The molecule has 49 heavy (non-hydrogen) atoms. The average Bonchev–Trinajstić information content (AvgIpc) is 3.83. The molecular weight excluding hydrogens is 601 g/mol. The van der Waals surface area contributed by atoms with E-state index in [1.54, 1.807) is 0 Å². The number of furan rings is 1. The van der Waals surface area contributed by atoms with Gasteiger partial charge in [0.1, 0.15) is 16.7 Å². The van der Waals surface area contributed by atoms with Crippen LogP contribution in [0.4, 0.5) is 0 Å². The highest BCUT2D eigenvalue weighted by Gasteiger charge is 2.25. The van der Waals surface area contributed by atoms with Crippen molar-refractivity contribution in [3.05, 3.63) is 146 Å². The molecule has 0 atom stereocenters. The van der Waals surface area contributed by atoms with E-state index in [2.05, 4.69) is 126 Å². The topological polar surface area (TPSA) is 44.1 Å². The molecule has 0 saturated heterocycles. The molecule has 226 valence electrons. The van der Waals surface area contributed by atoms with Gasteiger partial charge in [0.05, 0.1) is 16.6 Å². The second kappa shape index (κ2) is 9.03. The van der Waals surface area contributed by atoms with Gasteiger partial charge in [-0.05, 0) is 86.3 Å². The summed E-state index contributed by atoms with van der Waals surface area (Å²) in [4.78, 5) is 4.87. The van der Waals surface area contributed by atoms with E-state index >= 15 is 0 Å². The van der Waals surface area contributed by atoms with Gasteiger partial charge in [-0.25, -0.2) is 4.98 Å². The minimum Gasteiger partial charge on any atom is -0.455 e. The van der Waals surface area contributed by atoms with Crippen LogP contribution in [0, 0.1) is 0 Å². The molecule has 0 aliphatic heterocycles. The number of rotatable bonds is 2. The zero-order valence-corrected chi connectivity index (χ0v) is 26.1. The Hall–Kier alpha value is -6.65. The predicted octanol–water partition coefficient (Wildman–Crippen LogP) is 12.4. The van der Waals surface area contributed by atoms with Gasteiger partial charge in [0.25, 0.3) is 0 Å². The Labute approximate surface area is 279 Å². The number of aromatic nitrogens is 2. The van der Waals surface area contributed by atoms with Gasteiger partial charge in [0.15, 0.2) is 5.58 Å². The van der Waals surface area contributed by atoms with Crippen LogP contribution in [0.15, 0.2) is 154 Å². The fourth-order valence-corrected chi connectivity index (χ4v) is 8.51. The van der Waals surface area contributed by atoms with Crippen LogP contribution >= 0.6 is 0 Å². The number of nitrogens with zero attached hydrogens (tertiary/aromatic N) is 2. The molecule has 4 heteroatoms. The highest BCUT2D eigenvalue weighted by Crippen LogP contribution is 2.50. The first kappa shape index (κ1) is 25.4. The van der Waals surface area contributed by atoms with Crippen LogP contribution < -0.4 is 0 Å². The molecule has 0 amide bonds. The van der Waals surface area contributed by atoms with E-state index in [1.165, 1.54) is 54.8 Å². The largest absolute Gasteiger partial charge is 0.455 e. The van der Waals surface area contributed by atoms with E-state index in [0.717, 1.165) is 55.1 Å². The molecule has 1 aliphatic rings. The molecule has 4 nitrogen and oxygen atoms in total. The summed E-state index contributed by atoms with van der Waals surface area (Å²) in [5.74, 6) is 0.559. The van der Waals surface area contributed by atoms with Crippen LogP contribution in [-0.2, 0) is 0 Å². The van der Waals surface area contributed by atoms with Crippen molar-refractivity contribution in [3.8, 4) is 39.4 Å². The van der Waals surface area contributed by atoms with E-state index in [9.17, 15) is 0 Å². The highest BCUT2D eigenvalue weighted by molar-refractivity contribution is 6.30. The summed E-state index contributed by atoms with van der Waals surface area (Å²) in [7, 11) is 0. The van der Waals surface area contributed by atoms with Crippen LogP contribution in [0.2, 0.25) is 0 Å². The van der Waals surface area contributed by atoms with E-state index in [1.807, 2.05) is 24.3 Å². The van der Waals surface area contributed by atoms with E-state index in [-0.39, 0.29) is 0 Å². The van der Waals surface area contributed by atoms with Crippen molar-refractivity contribution in [3.63, 3.8) is 0 Å². The molecule has 3 aromatic heterocycles. The van der Waals surface area contributed by atoms with Crippen LogP contribution in [0.5, 0.6) is 0 Å². The first-order valence-electron chi connectivity index (χ1n) is 16.6. The first-order chi connectivity index (χ1) is 24.3. The molecule has 0 unspecified atom stereocenters. The minimum atomic E-state index is 0.559. The van der Waals surface area contributed by atoms with E-state index in [4.69, 9.17) is 13.8 Å². The predicted molar refractivity (Wildman–Crippen MR) is 201 cm³/mol. The Kier molecular flexibility index (Phi) is 4.69. The van der Waals surface area contributed by atoms with Crippen molar-refractivity contribution >= 4 is 76.4 Å². The summed E-state index contributed by atoms with van der Waals surface area (Å²) in [5.41, 5.74) is 12.6. The SMILES string of the molecule is c1ccc2c(c1)-c1cccc3ccc4c(c13)c1c-2cccc1n4-c1ccc2c(c1)oc1c(-c3nc4ccccc4o3)cc3ccccc3c12. The molecule has 0 fully saturated rings. The van der Waals surface area contributed by atoms with Gasteiger partial charge in [-0.3, -0.25) is 0 Å². The molecule has 3 heterocycles. The summed E-state index contributed by atoms with van der Waals surface area (Å²) in [6.45, 7) is 0. The molecule has 0 N–H and O–H groups in total. The zero-order valence-electron chi connectivity index (χ0n) is 26.1. The Morgan fingerprint density at radius 3 is 2.06 bits per heavy atom. The summed E-state index contributed by atoms with van der Waals surface area (Å²) in [5, 5.41) is 9.54. The van der Waals surface area contributed by atoms with E-state index in [0.29, 0.717) is 5.89 Å². The third kappa shape index (κ3) is 3.25. The lowest BCUT2D eigenvalue weighted by molar-refractivity contribution is 0.615. The molecule has 0 bridgehead atoms. The van der Waals surface area contributed by atoms with Gasteiger partial charge in [-0.2, -0.15) is 0 Å². The molecule has 0 radical (unpaired) electrons. The highest BCUT2D eigenvalue weighted by atomic mass is 16.4. The summed E-state index contributed by atoms with van der Waals surface area (Å²) >= 11 is 0. The standard InChI is InChI=1S/C45H24N2O2/c1-2-11-28-26(9-1)23-34(45-46-35-16-5-6-18-38(35)49-45)44-41(28)33-21-20-27(24-39(33)48-44)47-36-17-8-15-32-30-13-4-3-12-29(30)31-14-7-10-25-19-22-37(47)43(40(25)31)42(32)36/h1-24H. The van der Waals surface area contributed by atoms with Gasteiger partial charge in [0.2, 0.25) is 5.89 Å². The molecule has 0 saturated carbocycles. The summed E-state index contributed by atoms with van der Waals surface area (Å²) in [6, 6.07) is 51.9. The van der Waals surface area contributed by atoms with Crippen LogP contribution in [-0.4, -0.2) is 9.55 Å². The monoisotopic (exact) mass is 624 g/mol. The third-order valence-corrected chi connectivity index (χ3v) is 10.5. The minimum absolute atomic E-state index is 0.559. The van der Waals surface area contributed by atoms with E-state index < -0.39 is 0 Å². The molecule has 11 aromatic rings. The van der Waals surface area contributed by atoms with Crippen molar-refractivity contribution in [1.82, 2.24) is 9.55 Å². The Bertz CT molecular complexity index is 3200. The molecule has 8 aromatic carbocycles. The number of para-hydroxylation sites is 2. The van der Waals surface area contributed by atoms with Crippen LogP contribution in [0.3, 0.4) is 0 Å². The molecule has 12 rings (SSSR count). The zero-order chi connectivity index (χ0) is 31.8. The average molecular weight is 625 g/mol. The summed E-state index contributed by atoms with van der Waals surface area (Å²) in [6.07, 6.45) is 0. The second-order valence-corrected chi connectivity index (χ2v) is 13.1. The fourth-order valence-electron chi connectivity index (χ4n) is 8.51. The lowest BCUT2D eigenvalue weighted by Crippen LogP contribution is -1.94. The number of fused-ring (bicyclic) bond motifs is 9. The summed E-state index contributed by atoms with van der Waals surface area (Å²) < 4.78 is 15.6. The van der Waals surface area contributed by atoms with Crippen molar-refractivity contribution < 1.29 is 8.83 Å². The number of hydrogen-bond donors (Lipinski definition) is 0. The normalized spacial score (nSPS) is 12.5. The first-order valence-corrected chi connectivity index (χ1v) is 16.6. The lowest BCUT2D eigenvalue weighted by atomic mass is 9.93. The fraction of sp³-hybridized carbons (Fsp3) is 0. The Balaban J connectivity index is 1.18. The maximum absolute atomic E-state index is 6.86. The van der Waals surface area contributed by atoms with Crippen molar-refractivity contribution in [2.75, 3.05) is 0 Å². The lowest BCUT2D eigenvalue weighted by Gasteiger charge is -2.13.